The fraction of sp³-hybridized carbons (Fsp3) is 0.250. The number of imide groups is 1. The zero-order valence-corrected chi connectivity index (χ0v) is 14.2. The Balaban J connectivity index is 2.59. The lowest BCUT2D eigenvalue weighted by Gasteiger charge is -2.47. The molecule has 0 aromatic heterocycles. The van der Waals surface area contributed by atoms with Gasteiger partial charge in [-0.1, -0.05) is 48.6 Å². The fourth-order valence-corrected chi connectivity index (χ4v) is 3.18. The quantitative estimate of drug-likeness (QED) is 0.414. The van der Waals surface area contributed by atoms with Gasteiger partial charge in [0.05, 0.1) is 0 Å². The van der Waals surface area contributed by atoms with E-state index < -0.39 is 23.3 Å². The molecule has 3 amide bonds. The van der Waals surface area contributed by atoms with Crippen LogP contribution < -0.4 is 0 Å². The van der Waals surface area contributed by atoms with Gasteiger partial charge < -0.3 is 4.90 Å². The predicted octanol–water partition coefficient (Wildman–Crippen LogP) is 2.11. The van der Waals surface area contributed by atoms with Crippen LogP contribution in [0, 0.1) is 0 Å². The smallest absolute Gasteiger partial charge is 0.315 e. The Morgan fingerprint density at radius 2 is 1.52 bits per heavy atom. The number of carbonyl (C=O) groups is 3. The maximum atomic E-state index is 13.3. The second-order valence-electron chi connectivity index (χ2n) is 5.90. The van der Waals surface area contributed by atoms with E-state index in [1.165, 1.54) is 17.1 Å². The van der Waals surface area contributed by atoms with Crippen LogP contribution in [0.5, 0.6) is 0 Å². The molecular weight excluding hydrogens is 316 g/mol. The average molecular weight is 338 g/mol. The van der Waals surface area contributed by atoms with Gasteiger partial charge in [-0.25, -0.2) is 0 Å². The molecule has 0 spiro atoms. The van der Waals surface area contributed by atoms with Crippen molar-refractivity contribution in [1.82, 2.24) is 9.80 Å². The summed E-state index contributed by atoms with van der Waals surface area (Å²) in [6.07, 6.45) is 5.09. The highest BCUT2D eigenvalue weighted by Crippen LogP contribution is 2.32. The lowest BCUT2D eigenvalue weighted by molar-refractivity contribution is -0.173. The summed E-state index contributed by atoms with van der Waals surface area (Å²) in [5.74, 6) is -1.96. The molecule has 1 aliphatic rings. The Morgan fingerprint density at radius 3 is 2.08 bits per heavy atom. The summed E-state index contributed by atoms with van der Waals surface area (Å²) in [5, 5.41) is 0. The van der Waals surface area contributed by atoms with Crippen molar-refractivity contribution in [2.24, 2.45) is 0 Å². The van der Waals surface area contributed by atoms with Gasteiger partial charge in [-0.05, 0) is 12.0 Å². The summed E-state index contributed by atoms with van der Waals surface area (Å²) in [4.78, 5) is 40.6. The van der Waals surface area contributed by atoms with Crippen molar-refractivity contribution < 1.29 is 14.4 Å². The van der Waals surface area contributed by atoms with Gasteiger partial charge >= 0.3 is 11.8 Å². The van der Waals surface area contributed by atoms with E-state index in [2.05, 4.69) is 19.7 Å². The van der Waals surface area contributed by atoms with Crippen molar-refractivity contribution in [3.63, 3.8) is 0 Å². The molecule has 1 aromatic carbocycles. The average Bonchev–Trinajstić information content (AvgIpc) is 2.62. The third kappa shape index (κ3) is 3.31. The van der Waals surface area contributed by atoms with Gasteiger partial charge in [-0.2, -0.15) is 0 Å². The number of nitrogens with zero attached hydrogens (tertiary/aromatic N) is 2. The molecule has 2 rings (SSSR count). The summed E-state index contributed by atoms with van der Waals surface area (Å²) in [6.45, 7) is 11.1. The number of benzene rings is 1. The summed E-state index contributed by atoms with van der Waals surface area (Å²) in [7, 11) is 0. The monoisotopic (exact) mass is 338 g/mol. The lowest BCUT2D eigenvalue weighted by Crippen LogP contribution is -2.70. The van der Waals surface area contributed by atoms with Crippen LogP contribution >= 0.6 is 0 Å². The van der Waals surface area contributed by atoms with Crippen LogP contribution in [0.1, 0.15) is 12.0 Å². The molecule has 0 saturated carbocycles. The van der Waals surface area contributed by atoms with Crippen LogP contribution in [0.25, 0.3) is 0 Å². The minimum atomic E-state index is -1.20. The molecular formula is C20H22N2O3. The highest BCUT2D eigenvalue weighted by Gasteiger charge is 2.54. The molecule has 25 heavy (non-hydrogen) atoms. The number of hydrogen-bond acceptors (Lipinski definition) is 3. The molecule has 0 unspecified atom stereocenters. The van der Waals surface area contributed by atoms with E-state index in [9.17, 15) is 14.4 Å². The molecule has 0 aliphatic carbocycles. The van der Waals surface area contributed by atoms with Crippen LogP contribution in [0.2, 0.25) is 0 Å². The summed E-state index contributed by atoms with van der Waals surface area (Å²) in [5.41, 5.74) is -0.307. The maximum Gasteiger partial charge on any atom is 0.319 e. The molecule has 5 heteroatoms. The second kappa shape index (κ2) is 7.75. The third-order valence-corrected chi connectivity index (χ3v) is 4.28. The first kappa shape index (κ1) is 18.4. The van der Waals surface area contributed by atoms with Crippen LogP contribution in [0.15, 0.2) is 68.3 Å². The molecule has 5 nitrogen and oxygen atoms in total. The molecule has 1 fully saturated rings. The van der Waals surface area contributed by atoms with Gasteiger partial charge in [0, 0.05) is 19.5 Å². The molecule has 0 N–H and O–H groups in total. The van der Waals surface area contributed by atoms with Crippen molar-refractivity contribution in [1.29, 1.82) is 0 Å². The van der Waals surface area contributed by atoms with Gasteiger partial charge in [0.25, 0.3) is 5.91 Å². The largest absolute Gasteiger partial charge is 0.319 e. The highest BCUT2D eigenvalue weighted by molar-refractivity contribution is 6.40. The second-order valence-corrected chi connectivity index (χ2v) is 5.90. The molecule has 1 atom stereocenters. The lowest BCUT2D eigenvalue weighted by atomic mass is 9.82. The molecule has 0 bridgehead atoms. The number of rotatable bonds is 8. The summed E-state index contributed by atoms with van der Waals surface area (Å²) in [6, 6.07) is 9.41. The maximum absolute atomic E-state index is 13.3. The first-order chi connectivity index (χ1) is 12.0. The first-order valence-electron chi connectivity index (χ1n) is 8.06. The van der Waals surface area contributed by atoms with Gasteiger partial charge in [0.15, 0.2) is 0 Å². The fourth-order valence-electron chi connectivity index (χ4n) is 3.18. The van der Waals surface area contributed by atoms with E-state index in [1.54, 1.807) is 6.08 Å². The summed E-state index contributed by atoms with van der Waals surface area (Å²) >= 11 is 0. The van der Waals surface area contributed by atoms with Gasteiger partial charge in [0.2, 0.25) is 0 Å². The zero-order chi connectivity index (χ0) is 18.4. The minimum Gasteiger partial charge on any atom is -0.315 e. The van der Waals surface area contributed by atoms with Crippen molar-refractivity contribution >= 4 is 17.7 Å². The van der Waals surface area contributed by atoms with Gasteiger partial charge in [-0.15, -0.1) is 19.7 Å². The number of carbonyl (C=O) groups excluding carboxylic acids is 3. The van der Waals surface area contributed by atoms with Gasteiger partial charge in [0.1, 0.15) is 5.54 Å². The molecule has 130 valence electrons. The minimum absolute atomic E-state index is 0.000974. The highest BCUT2D eigenvalue weighted by atomic mass is 16.2. The molecule has 1 aliphatic heterocycles. The van der Waals surface area contributed by atoms with E-state index in [0.29, 0.717) is 6.42 Å². The van der Waals surface area contributed by atoms with Crippen LogP contribution in [0.4, 0.5) is 0 Å². The third-order valence-electron chi connectivity index (χ3n) is 4.28. The van der Waals surface area contributed by atoms with E-state index >= 15 is 0 Å². The summed E-state index contributed by atoms with van der Waals surface area (Å²) < 4.78 is 0. The van der Waals surface area contributed by atoms with Gasteiger partial charge in [-0.3, -0.25) is 19.3 Å². The standard InChI is InChI=1S/C20H22N2O3/c1-4-12-20(15-16-10-8-7-9-11-16)19(25)21(13-5-2)17(23)18(24)22(20)14-6-3/h4-11H,1-3,12-15H2/t20-/m1/s1. The van der Waals surface area contributed by atoms with Crippen LogP contribution in [0.3, 0.4) is 0 Å². The van der Waals surface area contributed by atoms with Crippen molar-refractivity contribution in [2.75, 3.05) is 13.1 Å². The Bertz CT molecular complexity index is 711. The Morgan fingerprint density at radius 1 is 0.880 bits per heavy atom. The topological polar surface area (TPSA) is 57.7 Å². The Labute approximate surface area is 147 Å². The Hall–Kier alpha value is -2.95. The zero-order valence-electron chi connectivity index (χ0n) is 14.2. The first-order valence-corrected chi connectivity index (χ1v) is 8.06. The number of piperazine rings is 1. The van der Waals surface area contributed by atoms with Crippen molar-refractivity contribution in [2.45, 2.75) is 18.4 Å². The predicted molar refractivity (Wildman–Crippen MR) is 96.5 cm³/mol. The molecule has 1 saturated heterocycles. The molecule has 1 aromatic rings. The van der Waals surface area contributed by atoms with Crippen molar-refractivity contribution in [3.05, 3.63) is 73.9 Å². The SMILES string of the molecule is C=CCN1C(=O)C(=O)N(CC=C)[C@](CC=C)(Cc2ccccc2)C1=O. The van der Waals surface area contributed by atoms with E-state index in [-0.39, 0.29) is 19.5 Å². The van der Waals surface area contributed by atoms with E-state index in [4.69, 9.17) is 0 Å². The molecule has 1 heterocycles. The van der Waals surface area contributed by atoms with E-state index in [1.807, 2.05) is 30.3 Å². The van der Waals surface area contributed by atoms with Crippen molar-refractivity contribution in [3.8, 4) is 0 Å². The van der Waals surface area contributed by atoms with Crippen LogP contribution in [-0.2, 0) is 20.8 Å². The normalized spacial score (nSPS) is 20.6. The number of amides is 3. The Kier molecular flexibility index (Phi) is 5.70. The van der Waals surface area contributed by atoms with E-state index in [0.717, 1.165) is 10.5 Å². The van der Waals surface area contributed by atoms with Crippen LogP contribution in [-0.4, -0.2) is 46.1 Å². The number of hydrogen-bond donors (Lipinski definition) is 0. The molecule has 0 radical (unpaired) electrons.